The van der Waals surface area contributed by atoms with E-state index in [1.807, 2.05) is 31.2 Å². The number of ether oxygens (including phenoxy) is 1. The fourth-order valence-corrected chi connectivity index (χ4v) is 3.87. The molecule has 0 amide bonds. The third kappa shape index (κ3) is 4.70. The van der Waals surface area contributed by atoms with Gasteiger partial charge < -0.3 is 14.9 Å². The zero-order valence-electron chi connectivity index (χ0n) is 15.6. The number of phenols is 2. The lowest BCUT2D eigenvalue weighted by atomic mass is 9.84. The second-order valence-corrected chi connectivity index (χ2v) is 6.96. The van der Waals surface area contributed by atoms with E-state index in [0.717, 1.165) is 48.0 Å². The van der Waals surface area contributed by atoms with Crippen LogP contribution in [0.15, 0.2) is 54.1 Å². The normalized spacial score (nSPS) is 14.1. The Morgan fingerprint density at radius 2 is 1.41 bits per heavy atom. The molecule has 0 bridgehead atoms. The van der Waals surface area contributed by atoms with E-state index in [0.29, 0.717) is 12.5 Å². The lowest BCUT2D eigenvalue weighted by Gasteiger charge is -2.21. The summed E-state index contributed by atoms with van der Waals surface area (Å²) >= 11 is 0. The van der Waals surface area contributed by atoms with Crippen LogP contribution in [0, 0.1) is 5.92 Å². The predicted molar refractivity (Wildman–Crippen MR) is 105 cm³/mol. The van der Waals surface area contributed by atoms with Gasteiger partial charge in [-0.2, -0.15) is 0 Å². The monoisotopic (exact) mass is 366 g/mol. The fraction of sp³-hybridized carbons (Fsp3) is 0.348. The Morgan fingerprint density at radius 3 is 1.85 bits per heavy atom. The maximum absolute atomic E-state index is 12.3. The molecule has 4 heteroatoms. The number of carbonyl (C=O) groups excluding carboxylic acids is 1. The first-order chi connectivity index (χ1) is 13.1. The Kier molecular flexibility index (Phi) is 6.17. The van der Waals surface area contributed by atoms with Crippen molar-refractivity contribution in [1.82, 2.24) is 0 Å². The molecule has 0 aliphatic heterocycles. The second kappa shape index (κ2) is 8.76. The summed E-state index contributed by atoms with van der Waals surface area (Å²) < 4.78 is 5.24. The smallest absolute Gasteiger partial charge is 0.309 e. The molecule has 0 aromatic heterocycles. The van der Waals surface area contributed by atoms with Crippen molar-refractivity contribution in [2.75, 3.05) is 6.61 Å². The third-order valence-corrected chi connectivity index (χ3v) is 5.12. The van der Waals surface area contributed by atoms with Gasteiger partial charge in [-0.25, -0.2) is 0 Å². The Balaban J connectivity index is 2.15. The van der Waals surface area contributed by atoms with Crippen molar-refractivity contribution in [2.24, 2.45) is 5.92 Å². The van der Waals surface area contributed by atoms with E-state index < -0.39 is 0 Å². The topological polar surface area (TPSA) is 66.8 Å². The molecule has 1 aliphatic carbocycles. The zero-order valence-corrected chi connectivity index (χ0v) is 15.6. The Labute approximate surface area is 160 Å². The molecule has 2 aromatic carbocycles. The molecule has 142 valence electrons. The SMILES string of the molecule is CCOC(=O)CC(=C(c1ccc(O)cc1)c1ccc(O)cc1)C1CCCC1. The highest BCUT2D eigenvalue weighted by Gasteiger charge is 2.26. The molecule has 2 N–H and O–H groups in total. The van der Waals surface area contributed by atoms with Gasteiger partial charge in [0.2, 0.25) is 0 Å². The van der Waals surface area contributed by atoms with Crippen molar-refractivity contribution in [3.8, 4) is 11.5 Å². The molecule has 1 saturated carbocycles. The minimum Gasteiger partial charge on any atom is -0.508 e. The Bertz CT molecular complexity index is 750. The molecule has 0 saturated heterocycles. The number of esters is 1. The van der Waals surface area contributed by atoms with E-state index in [2.05, 4.69) is 0 Å². The van der Waals surface area contributed by atoms with Crippen LogP contribution in [0.25, 0.3) is 5.57 Å². The minimum atomic E-state index is -0.213. The molecule has 1 fully saturated rings. The van der Waals surface area contributed by atoms with Gasteiger partial charge in [0.05, 0.1) is 13.0 Å². The first-order valence-electron chi connectivity index (χ1n) is 9.56. The summed E-state index contributed by atoms with van der Waals surface area (Å²) in [5.74, 6) is 0.537. The van der Waals surface area contributed by atoms with Gasteiger partial charge in [-0.05, 0) is 72.2 Å². The second-order valence-electron chi connectivity index (χ2n) is 6.96. The maximum Gasteiger partial charge on any atom is 0.309 e. The highest BCUT2D eigenvalue weighted by molar-refractivity contribution is 5.86. The zero-order chi connectivity index (χ0) is 19.2. The van der Waals surface area contributed by atoms with Crippen LogP contribution in [0.3, 0.4) is 0 Å². The molecular formula is C23H26O4. The van der Waals surface area contributed by atoms with Crippen molar-refractivity contribution in [3.63, 3.8) is 0 Å². The number of phenolic OH excluding ortho intramolecular Hbond substituents is 2. The highest BCUT2D eigenvalue weighted by atomic mass is 16.5. The van der Waals surface area contributed by atoms with Crippen LogP contribution in [0.1, 0.15) is 50.2 Å². The van der Waals surface area contributed by atoms with Crippen LogP contribution in [0.4, 0.5) is 0 Å². The van der Waals surface area contributed by atoms with Crippen LogP contribution < -0.4 is 0 Å². The summed E-state index contributed by atoms with van der Waals surface area (Å²) in [6.45, 7) is 2.18. The van der Waals surface area contributed by atoms with E-state index in [1.54, 1.807) is 24.3 Å². The van der Waals surface area contributed by atoms with Crippen molar-refractivity contribution in [1.29, 1.82) is 0 Å². The molecular weight excluding hydrogens is 340 g/mol. The molecule has 27 heavy (non-hydrogen) atoms. The molecule has 4 nitrogen and oxygen atoms in total. The fourth-order valence-electron chi connectivity index (χ4n) is 3.87. The van der Waals surface area contributed by atoms with Gasteiger partial charge in [-0.15, -0.1) is 0 Å². The molecule has 0 spiro atoms. The van der Waals surface area contributed by atoms with Gasteiger partial charge in [0.15, 0.2) is 0 Å². The average Bonchev–Trinajstić information content (AvgIpc) is 3.19. The van der Waals surface area contributed by atoms with E-state index in [4.69, 9.17) is 4.74 Å². The van der Waals surface area contributed by atoms with Gasteiger partial charge in [0.25, 0.3) is 0 Å². The molecule has 0 unspecified atom stereocenters. The molecule has 0 radical (unpaired) electrons. The summed E-state index contributed by atoms with van der Waals surface area (Å²) in [6, 6.07) is 14.1. The van der Waals surface area contributed by atoms with Crippen molar-refractivity contribution >= 4 is 11.5 Å². The van der Waals surface area contributed by atoms with Crippen LogP contribution in [-0.2, 0) is 9.53 Å². The Morgan fingerprint density at radius 1 is 0.926 bits per heavy atom. The molecule has 0 heterocycles. The van der Waals surface area contributed by atoms with Crippen molar-refractivity contribution in [3.05, 3.63) is 65.2 Å². The molecule has 3 rings (SSSR count). The van der Waals surface area contributed by atoms with Gasteiger partial charge in [0, 0.05) is 0 Å². The van der Waals surface area contributed by atoms with Crippen LogP contribution >= 0.6 is 0 Å². The van der Waals surface area contributed by atoms with Gasteiger partial charge in [0.1, 0.15) is 11.5 Å². The number of carbonyl (C=O) groups is 1. The highest BCUT2D eigenvalue weighted by Crippen LogP contribution is 2.40. The van der Waals surface area contributed by atoms with Gasteiger partial charge in [-0.3, -0.25) is 4.79 Å². The third-order valence-electron chi connectivity index (χ3n) is 5.12. The van der Waals surface area contributed by atoms with Gasteiger partial charge >= 0.3 is 5.97 Å². The molecule has 2 aromatic rings. The maximum atomic E-state index is 12.3. The van der Waals surface area contributed by atoms with Crippen LogP contribution in [0.5, 0.6) is 11.5 Å². The number of hydrogen-bond donors (Lipinski definition) is 2. The molecule has 0 atom stereocenters. The molecule has 1 aliphatic rings. The summed E-state index contributed by atoms with van der Waals surface area (Å²) in [5, 5.41) is 19.4. The van der Waals surface area contributed by atoms with Crippen molar-refractivity contribution in [2.45, 2.75) is 39.0 Å². The number of benzene rings is 2. The van der Waals surface area contributed by atoms with Crippen molar-refractivity contribution < 1.29 is 19.7 Å². The van der Waals surface area contributed by atoms with Gasteiger partial charge in [-0.1, -0.05) is 37.1 Å². The van der Waals surface area contributed by atoms with Crippen LogP contribution in [0.2, 0.25) is 0 Å². The van der Waals surface area contributed by atoms with E-state index in [-0.39, 0.29) is 23.9 Å². The van der Waals surface area contributed by atoms with E-state index in [1.165, 1.54) is 0 Å². The number of aromatic hydroxyl groups is 2. The standard InChI is InChI=1S/C23H26O4/c1-2-27-22(26)15-21(16-5-3-4-6-16)23(17-7-11-19(24)12-8-17)18-9-13-20(25)14-10-18/h7-14,16,24-25H,2-6,15H2,1H3. The summed E-state index contributed by atoms with van der Waals surface area (Å²) in [4.78, 5) is 12.3. The first-order valence-corrected chi connectivity index (χ1v) is 9.56. The minimum absolute atomic E-state index is 0.205. The number of rotatable bonds is 6. The van der Waals surface area contributed by atoms with E-state index >= 15 is 0 Å². The average molecular weight is 366 g/mol. The quantitative estimate of drug-likeness (QED) is 0.703. The lowest BCUT2D eigenvalue weighted by molar-refractivity contribution is -0.142. The number of hydrogen-bond acceptors (Lipinski definition) is 4. The summed E-state index contributed by atoms with van der Waals surface area (Å²) in [6.07, 6.45) is 4.71. The van der Waals surface area contributed by atoms with Crippen LogP contribution in [-0.4, -0.2) is 22.8 Å². The predicted octanol–water partition coefficient (Wildman–Crippen LogP) is 5.04. The first kappa shape index (κ1) is 19.0. The largest absolute Gasteiger partial charge is 0.508 e. The van der Waals surface area contributed by atoms with E-state index in [9.17, 15) is 15.0 Å². The summed E-state index contributed by atoms with van der Waals surface area (Å²) in [7, 11) is 0. The Hall–Kier alpha value is -2.75. The lowest BCUT2D eigenvalue weighted by Crippen LogP contribution is -2.12. The summed E-state index contributed by atoms with van der Waals surface area (Å²) in [5.41, 5.74) is 3.98.